The van der Waals surface area contributed by atoms with Gasteiger partial charge in [0.1, 0.15) is 5.82 Å². The number of guanidine groups is 1. The van der Waals surface area contributed by atoms with Crippen molar-refractivity contribution in [3.63, 3.8) is 0 Å². The van der Waals surface area contributed by atoms with E-state index in [0.29, 0.717) is 18.7 Å². The first-order valence-electron chi connectivity index (χ1n) is 9.84. The minimum atomic E-state index is -0.182. The largest absolute Gasteiger partial charge is 0.378 e. The van der Waals surface area contributed by atoms with Crippen LogP contribution in [0.25, 0.3) is 0 Å². The molecule has 1 aliphatic heterocycles. The number of rotatable bonds is 6. The fraction of sp³-hybridized carbons (Fsp3) is 0.409. The standard InChI is InChI=1S/C22H29FN4O/c1-3-24-22(26-16-19-6-9-21(23)17(2)14-19)25-15-18-4-7-20(8-5-18)27-10-12-28-13-11-27/h4-9,14H,3,10-13,15-16H2,1-2H3,(H2,24,25,26). The molecule has 28 heavy (non-hydrogen) atoms. The molecule has 3 rings (SSSR count). The molecule has 0 bridgehead atoms. The van der Waals surface area contributed by atoms with E-state index in [1.807, 2.05) is 13.0 Å². The predicted molar refractivity (Wildman–Crippen MR) is 112 cm³/mol. The van der Waals surface area contributed by atoms with Crippen molar-refractivity contribution in [2.45, 2.75) is 26.9 Å². The summed E-state index contributed by atoms with van der Waals surface area (Å²) in [4.78, 5) is 6.95. The molecule has 6 heteroatoms. The van der Waals surface area contributed by atoms with E-state index in [2.05, 4.69) is 44.8 Å². The number of anilines is 1. The third-order valence-corrected chi connectivity index (χ3v) is 4.76. The Morgan fingerprint density at radius 3 is 2.46 bits per heavy atom. The lowest BCUT2D eigenvalue weighted by Gasteiger charge is -2.28. The SMILES string of the molecule is CCNC(=NCc1ccc(F)c(C)c1)NCc1ccc(N2CCOCC2)cc1. The van der Waals surface area contributed by atoms with Gasteiger partial charge in [-0.25, -0.2) is 9.38 Å². The smallest absolute Gasteiger partial charge is 0.191 e. The van der Waals surface area contributed by atoms with E-state index >= 15 is 0 Å². The summed E-state index contributed by atoms with van der Waals surface area (Å²) in [6.45, 7) is 9.26. The maximum atomic E-state index is 13.4. The van der Waals surface area contributed by atoms with Crippen LogP contribution in [0.1, 0.15) is 23.6 Å². The van der Waals surface area contributed by atoms with Gasteiger partial charge in [0.05, 0.1) is 19.8 Å². The van der Waals surface area contributed by atoms with Crippen molar-refractivity contribution in [2.75, 3.05) is 37.7 Å². The van der Waals surface area contributed by atoms with Crippen LogP contribution in [0.15, 0.2) is 47.5 Å². The maximum Gasteiger partial charge on any atom is 0.191 e. The topological polar surface area (TPSA) is 48.9 Å². The summed E-state index contributed by atoms with van der Waals surface area (Å²) >= 11 is 0. The van der Waals surface area contributed by atoms with Crippen molar-refractivity contribution >= 4 is 11.6 Å². The van der Waals surface area contributed by atoms with Gasteiger partial charge in [0.15, 0.2) is 5.96 Å². The molecule has 1 heterocycles. The van der Waals surface area contributed by atoms with Crippen LogP contribution in [0, 0.1) is 12.7 Å². The fourth-order valence-corrected chi connectivity index (χ4v) is 3.15. The highest BCUT2D eigenvalue weighted by molar-refractivity contribution is 5.79. The quantitative estimate of drug-likeness (QED) is 0.593. The Labute approximate surface area is 166 Å². The van der Waals surface area contributed by atoms with Gasteiger partial charge in [-0.15, -0.1) is 0 Å². The van der Waals surface area contributed by atoms with Gasteiger partial charge in [0, 0.05) is 31.9 Å². The van der Waals surface area contributed by atoms with Crippen molar-refractivity contribution in [2.24, 2.45) is 4.99 Å². The Bertz CT molecular complexity index is 786. The van der Waals surface area contributed by atoms with Crippen LogP contribution in [0.3, 0.4) is 0 Å². The minimum Gasteiger partial charge on any atom is -0.378 e. The summed E-state index contributed by atoms with van der Waals surface area (Å²) in [5.41, 5.74) is 4.07. The average molecular weight is 384 g/mol. The lowest BCUT2D eigenvalue weighted by molar-refractivity contribution is 0.122. The number of aliphatic imine (C=N–C) groups is 1. The Kier molecular flexibility index (Phi) is 7.25. The number of nitrogens with one attached hydrogen (secondary N) is 2. The Morgan fingerprint density at radius 2 is 1.79 bits per heavy atom. The molecule has 1 saturated heterocycles. The summed E-state index contributed by atoms with van der Waals surface area (Å²) in [7, 11) is 0. The van der Waals surface area contributed by atoms with Crippen LogP contribution in [0.4, 0.5) is 10.1 Å². The molecule has 150 valence electrons. The highest BCUT2D eigenvalue weighted by atomic mass is 19.1. The van der Waals surface area contributed by atoms with Gasteiger partial charge < -0.3 is 20.3 Å². The van der Waals surface area contributed by atoms with Crippen LogP contribution in [-0.2, 0) is 17.8 Å². The summed E-state index contributed by atoms with van der Waals surface area (Å²) in [6.07, 6.45) is 0. The van der Waals surface area contributed by atoms with Crippen molar-refractivity contribution in [1.29, 1.82) is 0 Å². The van der Waals surface area contributed by atoms with E-state index < -0.39 is 0 Å². The van der Waals surface area contributed by atoms with E-state index in [4.69, 9.17) is 4.74 Å². The summed E-state index contributed by atoms with van der Waals surface area (Å²) in [5.74, 6) is 0.569. The lowest BCUT2D eigenvalue weighted by atomic mass is 10.1. The molecule has 2 aromatic carbocycles. The Balaban J connectivity index is 1.57. The molecule has 0 radical (unpaired) electrons. The van der Waals surface area contributed by atoms with Crippen molar-refractivity contribution in [3.05, 3.63) is 65.0 Å². The molecule has 0 aromatic heterocycles. The third kappa shape index (κ3) is 5.70. The third-order valence-electron chi connectivity index (χ3n) is 4.76. The minimum absolute atomic E-state index is 0.182. The van der Waals surface area contributed by atoms with Gasteiger partial charge in [-0.05, 0) is 48.7 Å². The number of morpholine rings is 1. The number of halogens is 1. The zero-order valence-corrected chi connectivity index (χ0v) is 16.7. The summed E-state index contributed by atoms with van der Waals surface area (Å²) < 4.78 is 18.8. The van der Waals surface area contributed by atoms with Gasteiger partial charge in [-0.2, -0.15) is 0 Å². The van der Waals surface area contributed by atoms with Gasteiger partial charge >= 0.3 is 0 Å². The molecule has 0 atom stereocenters. The van der Waals surface area contributed by atoms with Crippen LogP contribution in [0.2, 0.25) is 0 Å². The second kappa shape index (κ2) is 10.1. The molecule has 2 N–H and O–H groups in total. The molecule has 2 aromatic rings. The molecule has 0 spiro atoms. The molecule has 1 fully saturated rings. The summed E-state index contributed by atoms with van der Waals surface area (Å²) in [5, 5.41) is 6.62. The van der Waals surface area contributed by atoms with Gasteiger partial charge in [0.2, 0.25) is 0 Å². The molecule has 5 nitrogen and oxygen atoms in total. The molecule has 0 unspecified atom stereocenters. The highest BCUT2D eigenvalue weighted by Crippen LogP contribution is 2.16. The van der Waals surface area contributed by atoms with Crippen LogP contribution in [-0.4, -0.2) is 38.8 Å². The molecular formula is C22H29FN4O. The van der Waals surface area contributed by atoms with Crippen molar-refractivity contribution < 1.29 is 9.13 Å². The van der Waals surface area contributed by atoms with Gasteiger partial charge in [-0.1, -0.05) is 24.3 Å². The monoisotopic (exact) mass is 384 g/mol. The normalized spacial score (nSPS) is 14.8. The Hall–Kier alpha value is -2.60. The van der Waals surface area contributed by atoms with E-state index in [9.17, 15) is 4.39 Å². The van der Waals surface area contributed by atoms with Crippen molar-refractivity contribution in [3.8, 4) is 0 Å². The second-order valence-corrected chi connectivity index (χ2v) is 6.90. The number of nitrogens with zero attached hydrogens (tertiary/aromatic N) is 2. The van der Waals surface area contributed by atoms with Crippen LogP contribution >= 0.6 is 0 Å². The number of aryl methyl sites for hydroxylation is 1. The van der Waals surface area contributed by atoms with E-state index in [-0.39, 0.29) is 5.82 Å². The first-order valence-corrected chi connectivity index (χ1v) is 9.84. The number of hydrogen-bond donors (Lipinski definition) is 2. The highest BCUT2D eigenvalue weighted by Gasteiger charge is 2.10. The average Bonchev–Trinajstić information content (AvgIpc) is 2.73. The Morgan fingerprint density at radius 1 is 1.07 bits per heavy atom. The predicted octanol–water partition coefficient (Wildman–Crippen LogP) is 3.23. The molecular weight excluding hydrogens is 355 g/mol. The molecule has 0 aliphatic carbocycles. The zero-order chi connectivity index (χ0) is 19.8. The van der Waals surface area contributed by atoms with E-state index in [0.717, 1.165) is 44.4 Å². The first-order chi connectivity index (χ1) is 13.7. The molecule has 0 saturated carbocycles. The number of ether oxygens (including phenoxy) is 1. The number of hydrogen-bond acceptors (Lipinski definition) is 3. The van der Waals surface area contributed by atoms with E-state index in [1.165, 1.54) is 17.3 Å². The zero-order valence-electron chi connectivity index (χ0n) is 16.7. The van der Waals surface area contributed by atoms with Gasteiger partial charge in [-0.3, -0.25) is 0 Å². The van der Waals surface area contributed by atoms with Gasteiger partial charge in [0.25, 0.3) is 0 Å². The van der Waals surface area contributed by atoms with Crippen LogP contribution < -0.4 is 15.5 Å². The summed E-state index contributed by atoms with van der Waals surface area (Å²) in [6, 6.07) is 13.7. The van der Waals surface area contributed by atoms with Crippen molar-refractivity contribution in [1.82, 2.24) is 10.6 Å². The maximum absolute atomic E-state index is 13.4. The lowest BCUT2D eigenvalue weighted by Crippen LogP contribution is -2.37. The molecule has 0 amide bonds. The number of benzene rings is 2. The second-order valence-electron chi connectivity index (χ2n) is 6.90. The first kappa shape index (κ1) is 20.1. The van der Waals surface area contributed by atoms with E-state index in [1.54, 1.807) is 13.0 Å². The molecule has 1 aliphatic rings. The fourth-order valence-electron chi connectivity index (χ4n) is 3.15. The van der Waals surface area contributed by atoms with Crippen LogP contribution in [0.5, 0.6) is 0 Å².